The summed E-state index contributed by atoms with van der Waals surface area (Å²) in [5.41, 5.74) is 1.03. The summed E-state index contributed by atoms with van der Waals surface area (Å²) in [5, 5.41) is 0. The first-order valence-electron chi connectivity index (χ1n) is 9.65. The van der Waals surface area contributed by atoms with E-state index in [0.29, 0.717) is 24.4 Å². The first-order valence-corrected chi connectivity index (χ1v) is 11.5. The summed E-state index contributed by atoms with van der Waals surface area (Å²) < 4.78 is 18.8. The highest BCUT2D eigenvalue weighted by Gasteiger charge is 2.09. The molecule has 0 fully saturated rings. The van der Waals surface area contributed by atoms with Crippen LogP contribution in [0.25, 0.3) is 10.2 Å². The number of aromatic nitrogens is 1. The molecule has 0 atom stereocenters. The van der Waals surface area contributed by atoms with E-state index in [1.165, 1.54) is 11.3 Å². The van der Waals surface area contributed by atoms with Crippen LogP contribution in [0.1, 0.15) is 12.8 Å². The van der Waals surface area contributed by atoms with Crippen molar-refractivity contribution in [2.45, 2.75) is 24.3 Å². The minimum Gasteiger partial charge on any atom is -0.497 e. The lowest BCUT2D eigenvalue weighted by molar-refractivity contribution is -0.118. The fourth-order valence-electron chi connectivity index (χ4n) is 2.91. The molecule has 30 heavy (non-hydrogen) atoms. The van der Waals surface area contributed by atoms with Gasteiger partial charge in [-0.25, -0.2) is 0 Å². The van der Waals surface area contributed by atoms with Crippen LogP contribution in [-0.4, -0.2) is 44.2 Å². The Labute approximate surface area is 184 Å². The van der Waals surface area contributed by atoms with Gasteiger partial charge in [0.2, 0.25) is 5.91 Å². The second kappa shape index (κ2) is 11.2. The molecule has 0 spiro atoms. The average Bonchev–Trinajstić information content (AvgIpc) is 3.11. The lowest BCUT2D eigenvalue weighted by Crippen LogP contribution is -2.19. The van der Waals surface area contributed by atoms with E-state index in [9.17, 15) is 4.79 Å². The van der Waals surface area contributed by atoms with E-state index >= 15 is 0 Å². The number of hydrogen-bond donors (Lipinski definition) is 0. The van der Waals surface area contributed by atoms with Crippen LogP contribution in [0.4, 0.5) is 0 Å². The third-order valence-electron chi connectivity index (χ3n) is 4.49. The SMILES string of the molecule is COCCn1c(=NC(=O)CCCSc2ccc(OC)cc2)sc2cc(OC)ccc21. The molecule has 1 heterocycles. The van der Waals surface area contributed by atoms with Gasteiger partial charge in [-0.2, -0.15) is 4.99 Å². The summed E-state index contributed by atoms with van der Waals surface area (Å²) in [6.45, 7) is 1.19. The van der Waals surface area contributed by atoms with Gasteiger partial charge in [-0.15, -0.1) is 11.8 Å². The zero-order valence-electron chi connectivity index (χ0n) is 17.4. The van der Waals surface area contributed by atoms with Crippen molar-refractivity contribution >= 4 is 39.2 Å². The van der Waals surface area contributed by atoms with E-state index in [-0.39, 0.29) is 5.91 Å². The summed E-state index contributed by atoms with van der Waals surface area (Å²) in [5.74, 6) is 2.39. The number of ether oxygens (including phenoxy) is 3. The number of amides is 1. The van der Waals surface area contributed by atoms with Crippen molar-refractivity contribution in [2.24, 2.45) is 4.99 Å². The summed E-state index contributed by atoms with van der Waals surface area (Å²) in [6.07, 6.45) is 1.20. The number of nitrogens with zero attached hydrogens (tertiary/aromatic N) is 2. The molecule has 0 bridgehead atoms. The number of carbonyl (C=O) groups is 1. The first-order chi connectivity index (χ1) is 14.6. The summed E-state index contributed by atoms with van der Waals surface area (Å²) >= 11 is 3.22. The summed E-state index contributed by atoms with van der Waals surface area (Å²) in [4.78, 5) is 18.7. The molecule has 0 radical (unpaired) electrons. The van der Waals surface area contributed by atoms with Gasteiger partial charge in [0.15, 0.2) is 4.80 Å². The van der Waals surface area contributed by atoms with Crippen molar-refractivity contribution in [3.05, 3.63) is 47.3 Å². The Morgan fingerprint density at radius 2 is 1.80 bits per heavy atom. The largest absolute Gasteiger partial charge is 0.497 e. The second-order valence-electron chi connectivity index (χ2n) is 6.50. The molecule has 6 nitrogen and oxygen atoms in total. The van der Waals surface area contributed by atoms with E-state index in [1.807, 2.05) is 47.0 Å². The highest BCUT2D eigenvalue weighted by Crippen LogP contribution is 2.24. The van der Waals surface area contributed by atoms with Gasteiger partial charge < -0.3 is 18.8 Å². The number of benzene rings is 2. The number of fused-ring (bicyclic) bond motifs is 1. The van der Waals surface area contributed by atoms with Gasteiger partial charge in [0.1, 0.15) is 11.5 Å². The Balaban J connectivity index is 1.65. The zero-order chi connectivity index (χ0) is 21.3. The molecule has 160 valence electrons. The Hall–Kier alpha value is -2.29. The predicted octanol–water partition coefficient (Wildman–Crippen LogP) is 4.37. The lowest BCUT2D eigenvalue weighted by atomic mass is 10.3. The topological polar surface area (TPSA) is 62.1 Å². The van der Waals surface area contributed by atoms with E-state index < -0.39 is 0 Å². The Morgan fingerprint density at radius 3 is 2.50 bits per heavy atom. The number of rotatable bonds is 10. The molecule has 0 saturated carbocycles. The van der Waals surface area contributed by atoms with Crippen LogP contribution in [0.3, 0.4) is 0 Å². The lowest BCUT2D eigenvalue weighted by Gasteiger charge is -2.05. The van der Waals surface area contributed by atoms with Gasteiger partial charge in [-0.3, -0.25) is 4.79 Å². The van der Waals surface area contributed by atoms with Gasteiger partial charge in [-0.05, 0) is 54.6 Å². The maximum atomic E-state index is 12.5. The van der Waals surface area contributed by atoms with Crippen molar-refractivity contribution in [1.82, 2.24) is 4.57 Å². The number of thiazole rings is 1. The van der Waals surface area contributed by atoms with Crippen LogP contribution in [0.5, 0.6) is 11.5 Å². The molecule has 0 aliphatic heterocycles. The molecule has 3 aromatic rings. The van der Waals surface area contributed by atoms with E-state index in [2.05, 4.69) is 4.99 Å². The zero-order valence-corrected chi connectivity index (χ0v) is 19.1. The van der Waals surface area contributed by atoms with Crippen LogP contribution in [-0.2, 0) is 16.1 Å². The molecule has 2 aromatic carbocycles. The molecule has 3 rings (SSSR count). The molecule has 8 heteroatoms. The Kier molecular flexibility index (Phi) is 8.36. The van der Waals surface area contributed by atoms with Crippen molar-refractivity contribution in [3.63, 3.8) is 0 Å². The highest BCUT2D eigenvalue weighted by molar-refractivity contribution is 7.99. The molecular formula is C22H26N2O4S2. The minimum absolute atomic E-state index is 0.102. The highest BCUT2D eigenvalue weighted by atomic mass is 32.2. The normalized spacial score (nSPS) is 11.8. The molecule has 0 saturated heterocycles. The maximum Gasteiger partial charge on any atom is 0.248 e. The third kappa shape index (κ3) is 5.87. The number of hydrogen-bond acceptors (Lipinski definition) is 6. The molecule has 0 N–H and O–H groups in total. The van der Waals surface area contributed by atoms with Crippen molar-refractivity contribution < 1.29 is 19.0 Å². The summed E-state index contributed by atoms with van der Waals surface area (Å²) in [7, 11) is 4.97. The molecule has 0 aliphatic rings. The van der Waals surface area contributed by atoms with Gasteiger partial charge in [0.25, 0.3) is 0 Å². The quantitative estimate of drug-likeness (QED) is 0.342. The van der Waals surface area contributed by atoms with Gasteiger partial charge in [-0.1, -0.05) is 11.3 Å². The van der Waals surface area contributed by atoms with Crippen molar-refractivity contribution in [2.75, 3.05) is 33.7 Å². The number of thioether (sulfide) groups is 1. The Morgan fingerprint density at radius 1 is 1.07 bits per heavy atom. The minimum atomic E-state index is -0.102. The smallest absolute Gasteiger partial charge is 0.248 e. The van der Waals surface area contributed by atoms with Crippen LogP contribution in [0.2, 0.25) is 0 Å². The Bertz CT molecular complexity index is 1040. The second-order valence-corrected chi connectivity index (χ2v) is 8.67. The standard InChI is InChI=1S/C22H26N2O4S2/c1-26-13-12-24-19-11-8-17(28-3)15-20(19)30-22(24)23-21(25)5-4-14-29-18-9-6-16(27-2)7-10-18/h6-11,15H,4-5,12-14H2,1-3H3. The number of carbonyl (C=O) groups excluding carboxylic acids is 1. The van der Waals surface area contributed by atoms with E-state index in [4.69, 9.17) is 14.2 Å². The van der Waals surface area contributed by atoms with Gasteiger partial charge in [0.05, 0.1) is 31.0 Å². The van der Waals surface area contributed by atoms with Crippen LogP contribution < -0.4 is 14.3 Å². The molecular weight excluding hydrogens is 420 g/mol. The van der Waals surface area contributed by atoms with Gasteiger partial charge in [0, 0.05) is 25.0 Å². The molecule has 0 unspecified atom stereocenters. The first kappa shape index (κ1) is 22.4. The fourth-order valence-corrected chi connectivity index (χ4v) is 4.87. The fraction of sp³-hybridized carbons (Fsp3) is 0.364. The van der Waals surface area contributed by atoms with E-state index in [0.717, 1.165) is 38.8 Å². The van der Waals surface area contributed by atoms with Crippen LogP contribution >= 0.6 is 23.1 Å². The summed E-state index contributed by atoms with van der Waals surface area (Å²) in [6, 6.07) is 13.8. The van der Waals surface area contributed by atoms with Gasteiger partial charge >= 0.3 is 0 Å². The predicted molar refractivity (Wildman–Crippen MR) is 122 cm³/mol. The molecule has 1 aromatic heterocycles. The van der Waals surface area contributed by atoms with Crippen molar-refractivity contribution in [3.8, 4) is 11.5 Å². The van der Waals surface area contributed by atoms with E-state index in [1.54, 1.807) is 33.1 Å². The maximum absolute atomic E-state index is 12.5. The average molecular weight is 447 g/mol. The third-order valence-corrected chi connectivity index (χ3v) is 6.63. The number of methoxy groups -OCH3 is 3. The van der Waals surface area contributed by atoms with Crippen molar-refractivity contribution in [1.29, 1.82) is 0 Å². The van der Waals surface area contributed by atoms with Crippen LogP contribution in [0, 0.1) is 0 Å². The van der Waals surface area contributed by atoms with Crippen LogP contribution in [0.15, 0.2) is 52.4 Å². The molecule has 0 aliphatic carbocycles. The monoisotopic (exact) mass is 446 g/mol. The molecule has 1 amide bonds.